The maximum absolute atomic E-state index is 12.6. The molecule has 0 aliphatic rings. The molecular formula is C10H12FN3O. The zero-order chi connectivity index (χ0) is 11.4. The third-order valence-corrected chi connectivity index (χ3v) is 2.25. The van der Waals surface area contributed by atoms with Crippen LogP contribution in [-0.2, 0) is 0 Å². The van der Waals surface area contributed by atoms with Crippen LogP contribution in [-0.4, -0.2) is 28.9 Å². The Bertz CT molecular complexity index is 394. The van der Waals surface area contributed by atoms with Crippen molar-refractivity contribution >= 4 is 5.91 Å². The molecule has 0 radical (unpaired) electrons. The lowest BCUT2D eigenvalue weighted by molar-refractivity contribution is 0.0741. The van der Waals surface area contributed by atoms with Crippen molar-refractivity contribution in [3.05, 3.63) is 23.8 Å². The van der Waals surface area contributed by atoms with Crippen LogP contribution in [0.15, 0.2) is 12.3 Å². The monoisotopic (exact) mass is 209 g/mol. The van der Waals surface area contributed by atoms with Gasteiger partial charge in [0.1, 0.15) is 11.5 Å². The summed E-state index contributed by atoms with van der Waals surface area (Å²) >= 11 is 0. The molecule has 1 aromatic heterocycles. The smallest absolute Gasteiger partial charge is 0.270 e. The molecule has 0 fully saturated rings. The van der Waals surface area contributed by atoms with E-state index in [0.717, 1.165) is 12.3 Å². The Hall–Kier alpha value is -1.83. The first-order valence-corrected chi connectivity index (χ1v) is 4.54. The van der Waals surface area contributed by atoms with E-state index in [-0.39, 0.29) is 24.1 Å². The summed E-state index contributed by atoms with van der Waals surface area (Å²) in [5.41, 5.74) is 0.194. The maximum atomic E-state index is 12.6. The van der Waals surface area contributed by atoms with Crippen LogP contribution in [0.1, 0.15) is 23.8 Å². The van der Waals surface area contributed by atoms with Gasteiger partial charge in [-0.15, -0.1) is 0 Å². The van der Waals surface area contributed by atoms with Crippen LogP contribution in [0, 0.1) is 17.1 Å². The lowest BCUT2D eigenvalue weighted by Crippen LogP contribution is -2.35. The number of hydrogen-bond donors (Lipinski definition) is 1. The summed E-state index contributed by atoms with van der Waals surface area (Å²) in [7, 11) is 1.59. The predicted molar refractivity (Wildman–Crippen MR) is 52.5 cm³/mol. The summed E-state index contributed by atoms with van der Waals surface area (Å²) < 4.78 is 12.6. The molecule has 1 N–H and O–H groups in total. The standard InChI is InChI=1S/C10H12FN3O/c1-7(3-4-12)14(2)10(15)9-5-8(11)6-13-9/h5-7,13H,3H2,1-2H3/t7-/m0/s1. The van der Waals surface area contributed by atoms with Gasteiger partial charge in [-0.05, 0) is 6.92 Å². The fourth-order valence-electron chi connectivity index (χ4n) is 1.15. The molecule has 5 heteroatoms. The highest BCUT2D eigenvalue weighted by Crippen LogP contribution is 2.08. The van der Waals surface area contributed by atoms with Gasteiger partial charge in [-0.3, -0.25) is 4.79 Å². The number of H-pyrrole nitrogens is 1. The number of nitrogens with zero attached hydrogens (tertiary/aromatic N) is 2. The van der Waals surface area contributed by atoms with E-state index in [4.69, 9.17) is 5.26 Å². The van der Waals surface area contributed by atoms with Gasteiger partial charge >= 0.3 is 0 Å². The Morgan fingerprint density at radius 1 is 1.80 bits per heavy atom. The molecule has 0 saturated heterocycles. The number of carbonyl (C=O) groups excluding carboxylic acids is 1. The molecule has 4 nitrogen and oxygen atoms in total. The molecular weight excluding hydrogens is 197 g/mol. The van der Waals surface area contributed by atoms with E-state index in [0.29, 0.717) is 0 Å². The first-order valence-electron chi connectivity index (χ1n) is 4.54. The Morgan fingerprint density at radius 2 is 2.47 bits per heavy atom. The van der Waals surface area contributed by atoms with E-state index in [1.54, 1.807) is 14.0 Å². The van der Waals surface area contributed by atoms with E-state index < -0.39 is 5.82 Å². The molecule has 1 atom stereocenters. The van der Waals surface area contributed by atoms with Gasteiger partial charge in [0.05, 0.1) is 12.5 Å². The van der Waals surface area contributed by atoms with Crippen molar-refractivity contribution in [3.63, 3.8) is 0 Å². The average molecular weight is 209 g/mol. The maximum Gasteiger partial charge on any atom is 0.270 e. The van der Waals surface area contributed by atoms with Gasteiger partial charge in [-0.1, -0.05) is 0 Å². The van der Waals surface area contributed by atoms with Gasteiger partial charge in [0.15, 0.2) is 0 Å². The first-order chi connectivity index (χ1) is 7.06. The molecule has 0 bridgehead atoms. The predicted octanol–water partition coefficient (Wildman–Crippen LogP) is 1.53. The SMILES string of the molecule is C[C@@H](CC#N)N(C)C(=O)c1cc(F)c[nH]1. The van der Waals surface area contributed by atoms with Crippen LogP contribution < -0.4 is 0 Å². The van der Waals surface area contributed by atoms with Gasteiger partial charge in [0.25, 0.3) is 5.91 Å². The third kappa shape index (κ3) is 2.56. The normalized spacial score (nSPS) is 11.9. The fourth-order valence-corrected chi connectivity index (χ4v) is 1.15. The van der Waals surface area contributed by atoms with Crippen LogP contribution in [0.3, 0.4) is 0 Å². The number of hydrogen-bond acceptors (Lipinski definition) is 2. The molecule has 1 heterocycles. The summed E-state index contributed by atoms with van der Waals surface area (Å²) in [6.45, 7) is 1.76. The minimum absolute atomic E-state index is 0.186. The van der Waals surface area contributed by atoms with E-state index in [1.165, 1.54) is 4.90 Å². The van der Waals surface area contributed by atoms with Crippen molar-refractivity contribution in [2.24, 2.45) is 0 Å². The number of nitriles is 1. The molecule has 0 saturated carbocycles. The second-order valence-corrected chi connectivity index (χ2v) is 3.36. The van der Waals surface area contributed by atoms with Crippen LogP contribution in [0.25, 0.3) is 0 Å². The molecule has 1 rings (SSSR count). The third-order valence-electron chi connectivity index (χ3n) is 2.25. The lowest BCUT2D eigenvalue weighted by atomic mass is 10.2. The highest BCUT2D eigenvalue weighted by Gasteiger charge is 2.18. The molecule has 1 aromatic rings. The van der Waals surface area contributed by atoms with Crippen molar-refractivity contribution in [1.29, 1.82) is 5.26 Å². The Kier molecular flexibility index (Phi) is 3.45. The lowest BCUT2D eigenvalue weighted by Gasteiger charge is -2.22. The van der Waals surface area contributed by atoms with Crippen LogP contribution in [0.2, 0.25) is 0 Å². The molecule has 1 amide bonds. The fraction of sp³-hybridized carbons (Fsp3) is 0.400. The highest BCUT2D eigenvalue weighted by molar-refractivity contribution is 5.92. The number of nitrogens with one attached hydrogen (secondary N) is 1. The van der Waals surface area contributed by atoms with Crippen LogP contribution in [0.4, 0.5) is 4.39 Å². The second-order valence-electron chi connectivity index (χ2n) is 3.36. The van der Waals surface area contributed by atoms with Crippen LogP contribution in [0.5, 0.6) is 0 Å². The van der Waals surface area contributed by atoms with Crippen LogP contribution >= 0.6 is 0 Å². The molecule has 0 aromatic carbocycles. The molecule has 80 valence electrons. The summed E-state index contributed by atoms with van der Waals surface area (Å²) in [4.78, 5) is 15.6. The minimum Gasteiger partial charge on any atom is -0.355 e. The summed E-state index contributed by atoms with van der Waals surface area (Å²) in [6, 6.07) is 2.93. The largest absolute Gasteiger partial charge is 0.355 e. The Labute approximate surface area is 87.3 Å². The second kappa shape index (κ2) is 4.60. The zero-order valence-corrected chi connectivity index (χ0v) is 8.62. The quantitative estimate of drug-likeness (QED) is 0.820. The molecule has 15 heavy (non-hydrogen) atoms. The first kappa shape index (κ1) is 11.2. The van der Waals surface area contributed by atoms with Crippen molar-refractivity contribution in [2.75, 3.05) is 7.05 Å². The van der Waals surface area contributed by atoms with E-state index in [9.17, 15) is 9.18 Å². The number of carbonyl (C=O) groups is 1. The van der Waals surface area contributed by atoms with Crippen molar-refractivity contribution in [1.82, 2.24) is 9.88 Å². The number of aromatic amines is 1. The zero-order valence-electron chi connectivity index (χ0n) is 8.62. The van der Waals surface area contributed by atoms with Crippen molar-refractivity contribution < 1.29 is 9.18 Å². The summed E-state index contributed by atoms with van der Waals surface area (Å²) in [5, 5.41) is 8.49. The Morgan fingerprint density at radius 3 is 2.93 bits per heavy atom. The summed E-state index contributed by atoms with van der Waals surface area (Å²) in [6.07, 6.45) is 1.38. The highest BCUT2D eigenvalue weighted by atomic mass is 19.1. The number of halogens is 1. The molecule has 0 aliphatic heterocycles. The molecule has 0 spiro atoms. The van der Waals surface area contributed by atoms with Gasteiger partial charge < -0.3 is 9.88 Å². The minimum atomic E-state index is -0.473. The van der Waals surface area contributed by atoms with Gasteiger partial charge in [0.2, 0.25) is 0 Å². The summed E-state index contributed by atoms with van der Waals surface area (Å²) in [5.74, 6) is -0.790. The van der Waals surface area contributed by atoms with Gasteiger partial charge in [-0.25, -0.2) is 4.39 Å². The Balaban J connectivity index is 2.73. The van der Waals surface area contributed by atoms with E-state index >= 15 is 0 Å². The number of rotatable bonds is 3. The average Bonchev–Trinajstić information content (AvgIpc) is 2.63. The van der Waals surface area contributed by atoms with Crippen molar-refractivity contribution in [3.8, 4) is 6.07 Å². The van der Waals surface area contributed by atoms with E-state index in [2.05, 4.69) is 4.98 Å². The molecule has 0 aliphatic carbocycles. The van der Waals surface area contributed by atoms with E-state index in [1.807, 2.05) is 6.07 Å². The molecule has 0 unspecified atom stereocenters. The number of amides is 1. The van der Waals surface area contributed by atoms with Gasteiger partial charge in [-0.2, -0.15) is 5.26 Å². The number of aromatic nitrogens is 1. The van der Waals surface area contributed by atoms with Crippen molar-refractivity contribution in [2.45, 2.75) is 19.4 Å². The van der Waals surface area contributed by atoms with Gasteiger partial charge in [0, 0.05) is 25.4 Å². The topological polar surface area (TPSA) is 59.9 Å².